The lowest BCUT2D eigenvalue weighted by atomic mass is 10.0. The van der Waals surface area contributed by atoms with Crippen LogP contribution in [0.1, 0.15) is 0 Å². The third kappa shape index (κ3) is 4.89. The van der Waals surface area contributed by atoms with Crippen molar-refractivity contribution in [3.05, 3.63) is 12.7 Å². The van der Waals surface area contributed by atoms with Crippen LogP contribution in [0.5, 0.6) is 0 Å². The second-order valence-electron chi connectivity index (χ2n) is 3.22. The highest BCUT2D eigenvalue weighted by Gasteiger charge is 2.29. The van der Waals surface area contributed by atoms with Crippen LogP contribution in [0, 0.1) is 0 Å². The molecule has 0 aromatic rings. The quantitative estimate of drug-likeness (QED) is 0.231. The van der Waals surface area contributed by atoms with Crippen molar-refractivity contribution in [2.24, 2.45) is 0 Å². The Kier molecular flexibility index (Phi) is 6.89. The molecule has 0 radical (unpaired) electrons. The minimum Gasteiger partial charge on any atom is -0.394 e. The third-order valence-corrected chi connectivity index (χ3v) is 1.89. The fourth-order valence-corrected chi connectivity index (χ4v) is 0.896. The van der Waals surface area contributed by atoms with Gasteiger partial charge in [0, 0.05) is 6.54 Å². The van der Waals surface area contributed by atoms with E-state index in [9.17, 15) is 4.79 Å². The van der Waals surface area contributed by atoms with E-state index in [0.717, 1.165) is 0 Å². The van der Waals surface area contributed by atoms with Gasteiger partial charge >= 0.3 is 0 Å². The molecule has 1 amide bonds. The summed E-state index contributed by atoms with van der Waals surface area (Å²) in [6.07, 6.45) is 1.60. The zero-order chi connectivity index (χ0) is 11.7. The number of carbonyl (C=O) groups excluding carboxylic acids is 1. The lowest BCUT2D eigenvalue weighted by molar-refractivity contribution is -0.124. The van der Waals surface area contributed by atoms with E-state index in [2.05, 4.69) is 17.2 Å². The SMILES string of the molecule is C=CCNCC(=O)NC(CO)(CO)CO. The maximum Gasteiger partial charge on any atom is 0.234 e. The fourth-order valence-electron chi connectivity index (χ4n) is 0.896. The van der Waals surface area contributed by atoms with Gasteiger partial charge in [0.25, 0.3) is 0 Å². The van der Waals surface area contributed by atoms with Gasteiger partial charge in [-0.1, -0.05) is 6.08 Å². The molecule has 0 bridgehead atoms. The molecule has 0 saturated heterocycles. The van der Waals surface area contributed by atoms with Crippen molar-refractivity contribution >= 4 is 5.91 Å². The summed E-state index contributed by atoms with van der Waals surface area (Å²) >= 11 is 0. The smallest absolute Gasteiger partial charge is 0.234 e. The second kappa shape index (κ2) is 7.36. The molecule has 0 aliphatic carbocycles. The number of carbonyl (C=O) groups is 1. The largest absolute Gasteiger partial charge is 0.394 e. The van der Waals surface area contributed by atoms with E-state index in [1.165, 1.54) is 0 Å². The first-order valence-corrected chi connectivity index (χ1v) is 4.59. The highest BCUT2D eigenvalue weighted by atomic mass is 16.3. The predicted molar refractivity (Wildman–Crippen MR) is 55.2 cm³/mol. The molecule has 0 aromatic heterocycles. The average Bonchev–Trinajstić information content (AvgIpc) is 2.26. The zero-order valence-electron chi connectivity index (χ0n) is 8.57. The number of rotatable bonds is 8. The van der Waals surface area contributed by atoms with Crippen LogP contribution < -0.4 is 10.6 Å². The van der Waals surface area contributed by atoms with Crippen molar-refractivity contribution in [2.45, 2.75) is 5.54 Å². The molecule has 0 aliphatic rings. The van der Waals surface area contributed by atoms with E-state index in [-0.39, 0.29) is 6.54 Å². The van der Waals surface area contributed by atoms with Gasteiger partial charge in [-0.25, -0.2) is 0 Å². The van der Waals surface area contributed by atoms with E-state index in [1.807, 2.05) is 0 Å². The van der Waals surface area contributed by atoms with Crippen molar-refractivity contribution in [1.29, 1.82) is 0 Å². The summed E-state index contributed by atoms with van der Waals surface area (Å²) in [6.45, 7) is 2.42. The first kappa shape index (κ1) is 14.1. The van der Waals surface area contributed by atoms with E-state index in [4.69, 9.17) is 15.3 Å². The molecule has 6 nitrogen and oxygen atoms in total. The van der Waals surface area contributed by atoms with Gasteiger partial charge < -0.3 is 26.0 Å². The van der Waals surface area contributed by atoms with Crippen LogP contribution in [0.3, 0.4) is 0 Å². The Bertz CT molecular complexity index is 196. The van der Waals surface area contributed by atoms with Crippen LogP contribution in [0.2, 0.25) is 0 Å². The molecule has 0 fully saturated rings. The van der Waals surface area contributed by atoms with Gasteiger partial charge in [-0.2, -0.15) is 0 Å². The number of hydrogen-bond donors (Lipinski definition) is 5. The molecule has 15 heavy (non-hydrogen) atoms. The number of hydrogen-bond acceptors (Lipinski definition) is 5. The van der Waals surface area contributed by atoms with Crippen molar-refractivity contribution in [3.63, 3.8) is 0 Å². The van der Waals surface area contributed by atoms with Gasteiger partial charge in [0.2, 0.25) is 5.91 Å². The van der Waals surface area contributed by atoms with E-state index in [1.54, 1.807) is 6.08 Å². The maximum atomic E-state index is 11.3. The van der Waals surface area contributed by atoms with Gasteiger partial charge in [0.15, 0.2) is 0 Å². The number of nitrogens with one attached hydrogen (secondary N) is 2. The predicted octanol–water partition coefficient (Wildman–Crippen LogP) is -2.41. The van der Waals surface area contributed by atoms with Gasteiger partial charge in [-0.05, 0) is 0 Å². The highest BCUT2D eigenvalue weighted by molar-refractivity contribution is 5.78. The summed E-state index contributed by atoms with van der Waals surface area (Å²) < 4.78 is 0. The summed E-state index contributed by atoms with van der Waals surface area (Å²) in [5, 5.41) is 31.9. The first-order valence-electron chi connectivity index (χ1n) is 4.59. The second-order valence-corrected chi connectivity index (χ2v) is 3.22. The van der Waals surface area contributed by atoms with Crippen molar-refractivity contribution in [2.75, 3.05) is 32.9 Å². The Morgan fingerprint density at radius 1 is 1.27 bits per heavy atom. The van der Waals surface area contributed by atoms with E-state index < -0.39 is 31.3 Å². The molecule has 88 valence electrons. The molecule has 5 N–H and O–H groups in total. The highest BCUT2D eigenvalue weighted by Crippen LogP contribution is 2.00. The Hall–Kier alpha value is -0.950. The lowest BCUT2D eigenvalue weighted by Gasteiger charge is -2.28. The normalized spacial score (nSPS) is 11.1. The molecule has 0 rings (SSSR count). The van der Waals surface area contributed by atoms with Crippen LogP contribution in [-0.2, 0) is 4.79 Å². The summed E-state index contributed by atoms with van der Waals surface area (Å²) in [5.74, 6) is -0.408. The van der Waals surface area contributed by atoms with Gasteiger partial charge in [0.05, 0.1) is 26.4 Å². The standard InChI is InChI=1S/C9H18N2O4/c1-2-3-10-4-8(15)11-9(5-12,6-13)7-14/h2,10,12-14H,1,3-7H2,(H,11,15). The van der Waals surface area contributed by atoms with Crippen molar-refractivity contribution < 1.29 is 20.1 Å². The molecule has 0 saturated carbocycles. The molecule has 0 spiro atoms. The summed E-state index contributed by atoms with van der Waals surface area (Å²) in [4.78, 5) is 11.3. The topological polar surface area (TPSA) is 102 Å². The Morgan fingerprint density at radius 2 is 1.80 bits per heavy atom. The minimum absolute atomic E-state index is 0.0355. The van der Waals surface area contributed by atoms with Crippen molar-refractivity contribution in [3.8, 4) is 0 Å². The molecule has 0 aromatic carbocycles. The van der Waals surface area contributed by atoms with Crippen LogP contribution >= 0.6 is 0 Å². The first-order chi connectivity index (χ1) is 7.14. The average molecular weight is 218 g/mol. The Balaban J connectivity index is 4.05. The number of amides is 1. The Morgan fingerprint density at radius 3 is 2.20 bits per heavy atom. The van der Waals surface area contributed by atoms with E-state index in [0.29, 0.717) is 6.54 Å². The summed E-state index contributed by atoms with van der Waals surface area (Å²) in [7, 11) is 0. The Labute approximate surface area is 88.6 Å². The number of aliphatic hydroxyl groups excluding tert-OH is 3. The van der Waals surface area contributed by atoms with Crippen LogP contribution in [-0.4, -0.2) is 59.7 Å². The van der Waals surface area contributed by atoms with Crippen molar-refractivity contribution in [1.82, 2.24) is 10.6 Å². The monoisotopic (exact) mass is 218 g/mol. The van der Waals surface area contributed by atoms with Gasteiger partial charge in [0.1, 0.15) is 5.54 Å². The minimum atomic E-state index is -1.35. The maximum absolute atomic E-state index is 11.3. The molecular formula is C9H18N2O4. The fraction of sp³-hybridized carbons (Fsp3) is 0.667. The molecule has 0 atom stereocenters. The van der Waals surface area contributed by atoms with Crippen LogP contribution in [0.4, 0.5) is 0 Å². The summed E-state index contributed by atoms with van der Waals surface area (Å²) in [5.41, 5.74) is -1.35. The van der Waals surface area contributed by atoms with Gasteiger partial charge in [-0.15, -0.1) is 6.58 Å². The summed E-state index contributed by atoms with van der Waals surface area (Å²) in [6, 6.07) is 0. The molecule has 0 aliphatic heterocycles. The molecule has 0 unspecified atom stereocenters. The number of aliphatic hydroxyl groups is 3. The third-order valence-electron chi connectivity index (χ3n) is 1.89. The van der Waals surface area contributed by atoms with Crippen LogP contribution in [0.25, 0.3) is 0 Å². The van der Waals surface area contributed by atoms with E-state index >= 15 is 0 Å². The molecule has 6 heteroatoms. The molecular weight excluding hydrogens is 200 g/mol. The lowest BCUT2D eigenvalue weighted by Crippen LogP contribution is -2.58. The molecule has 0 heterocycles. The zero-order valence-corrected chi connectivity index (χ0v) is 8.57. The van der Waals surface area contributed by atoms with Gasteiger partial charge in [-0.3, -0.25) is 4.79 Å². The van der Waals surface area contributed by atoms with Crippen LogP contribution in [0.15, 0.2) is 12.7 Å².